The van der Waals surface area contributed by atoms with Crippen molar-refractivity contribution in [1.29, 1.82) is 0 Å². The predicted molar refractivity (Wildman–Crippen MR) is 32.5 cm³/mol. The number of amides is 1. The van der Waals surface area contributed by atoms with Crippen molar-refractivity contribution in [3.05, 3.63) is 0 Å². The quantitative estimate of drug-likeness (QED) is 0.467. The van der Waals surface area contributed by atoms with Gasteiger partial charge in [-0.05, 0) is 6.42 Å². The van der Waals surface area contributed by atoms with Gasteiger partial charge >= 0.3 is 0 Å². The molecule has 4 N–H and O–H groups in total. The van der Waals surface area contributed by atoms with Gasteiger partial charge in [-0.25, -0.2) is 0 Å². The Morgan fingerprint density at radius 1 is 1.67 bits per heavy atom. The summed E-state index contributed by atoms with van der Waals surface area (Å²) in [6.45, 7) is 0. The van der Waals surface area contributed by atoms with Crippen LogP contribution in [0.25, 0.3) is 0 Å². The molecule has 9 heavy (non-hydrogen) atoms. The van der Waals surface area contributed by atoms with Crippen LogP contribution >= 0.6 is 0 Å². The Morgan fingerprint density at radius 2 is 2.22 bits per heavy atom. The van der Waals surface area contributed by atoms with Crippen molar-refractivity contribution in [2.75, 3.05) is 0 Å². The molecule has 1 atom stereocenters. The fourth-order valence-electron chi connectivity index (χ4n) is 0.390. The summed E-state index contributed by atoms with van der Waals surface area (Å²) in [7, 11) is 0. The van der Waals surface area contributed by atoms with E-state index in [1.807, 2.05) is 0 Å². The lowest BCUT2D eigenvalue weighted by Gasteiger charge is -2.01. The van der Waals surface area contributed by atoms with Gasteiger partial charge in [0.2, 0.25) is 5.91 Å². The second-order valence-electron chi connectivity index (χ2n) is 1.75. The molecule has 0 aromatic heterocycles. The average Bonchev–Trinajstić information content (AvgIpc) is 1.82. The minimum absolute atomic E-state index is 0.296. The highest BCUT2D eigenvalue weighted by molar-refractivity contribution is 5.79. The van der Waals surface area contributed by atoms with Crippen LogP contribution in [-0.2, 0) is 9.59 Å². The number of rotatable bonds is 4. The SMILES string of the molecule is NC(=O)[C@@H](N)CCC=O. The van der Waals surface area contributed by atoms with Crippen molar-refractivity contribution in [1.82, 2.24) is 0 Å². The van der Waals surface area contributed by atoms with Gasteiger partial charge in [-0.1, -0.05) is 0 Å². The van der Waals surface area contributed by atoms with Crippen molar-refractivity contribution >= 4 is 12.2 Å². The van der Waals surface area contributed by atoms with E-state index in [1.54, 1.807) is 0 Å². The molecule has 52 valence electrons. The topological polar surface area (TPSA) is 86.2 Å². The number of carbonyl (C=O) groups is 2. The van der Waals surface area contributed by atoms with Gasteiger partial charge in [0.05, 0.1) is 6.04 Å². The summed E-state index contributed by atoms with van der Waals surface area (Å²) in [6, 6.07) is -0.671. The maximum absolute atomic E-state index is 10.2. The minimum atomic E-state index is -0.671. The molecule has 0 aliphatic carbocycles. The van der Waals surface area contributed by atoms with Gasteiger partial charge in [0.25, 0.3) is 0 Å². The fraction of sp³-hybridized carbons (Fsp3) is 0.600. The first-order valence-electron chi connectivity index (χ1n) is 2.67. The fourth-order valence-corrected chi connectivity index (χ4v) is 0.390. The zero-order valence-electron chi connectivity index (χ0n) is 5.04. The van der Waals surface area contributed by atoms with E-state index in [-0.39, 0.29) is 0 Å². The van der Waals surface area contributed by atoms with Crippen LogP contribution in [0.1, 0.15) is 12.8 Å². The Hall–Kier alpha value is -0.900. The molecule has 0 saturated carbocycles. The lowest BCUT2D eigenvalue weighted by molar-refractivity contribution is -0.119. The molecule has 0 radical (unpaired) electrons. The average molecular weight is 130 g/mol. The zero-order chi connectivity index (χ0) is 7.28. The molecule has 1 amide bonds. The molecule has 0 aliphatic heterocycles. The second-order valence-corrected chi connectivity index (χ2v) is 1.75. The summed E-state index contributed by atoms with van der Waals surface area (Å²) in [5.41, 5.74) is 9.97. The largest absolute Gasteiger partial charge is 0.368 e. The number of aldehydes is 1. The Morgan fingerprint density at radius 3 is 2.56 bits per heavy atom. The summed E-state index contributed by atoms with van der Waals surface area (Å²) in [4.78, 5) is 19.9. The monoisotopic (exact) mass is 130 g/mol. The highest BCUT2D eigenvalue weighted by Gasteiger charge is 2.06. The van der Waals surface area contributed by atoms with Crippen molar-refractivity contribution < 1.29 is 9.59 Å². The smallest absolute Gasteiger partial charge is 0.234 e. The summed E-state index contributed by atoms with van der Waals surface area (Å²) >= 11 is 0. The van der Waals surface area contributed by atoms with Gasteiger partial charge < -0.3 is 16.3 Å². The summed E-state index contributed by atoms with van der Waals surface area (Å²) in [6.07, 6.45) is 1.35. The summed E-state index contributed by atoms with van der Waals surface area (Å²) < 4.78 is 0. The molecule has 0 aromatic carbocycles. The van der Waals surface area contributed by atoms with Crippen LogP contribution in [0.3, 0.4) is 0 Å². The Bertz CT molecular complexity index is 114. The van der Waals surface area contributed by atoms with Crippen LogP contribution in [0, 0.1) is 0 Å². The standard InChI is InChI=1S/C5H10N2O2/c6-4(5(7)9)2-1-3-8/h3-4H,1-2,6H2,(H2,7,9)/t4-/m0/s1. The van der Waals surface area contributed by atoms with Gasteiger partial charge in [-0.3, -0.25) is 4.79 Å². The van der Waals surface area contributed by atoms with Crippen molar-refractivity contribution in [3.63, 3.8) is 0 Å². The molecule has 0 fully saturated rings. The Labute approximate surface area is 53.2 Å². The van der Waals surface area contributed by atoms with Gasteiger partial charge in [-0.2, -0.15) is 0 Å². The van der Waals surface area contributed by atoms with Gasteiger partial charge in [0, 0.05) is 6.42 Å². The molecule has 0 spiro atoms. The van der Waals surface area contributed by atoms with Gasteiger partial charge in [0.15, 0.2) is 0 Å². The molecule has 0 rings (SSSR count). The van der Waals surface area contributed by atoms with E-state index in [4.69, 9.17) is 11.5 Å². The molecule has 0 aromatic rings. The molecular weight excluding hydrogens is 120 g/mol. The van der Waals surface area contributed by atoms with Crippen LogP contribution in [0.4, 0.5) is 0 Å². The maximum Gasteiger partial charge on any atom is 0.234 e. The van der Waals surface area contributed by atoms with Crippen LogP contribution in [-0.4, -0.2) is 18.2 Å². The Kier molecular flexibility index (Phi) is 3.62. The van der Waals surface area contributed by atoms with Gasteiger partial charge in [-0.15, -0.1) is 0 Å². The van der Waals surface area contributed by atoms with Crippen molar-refractivity contribution in [2.24, 2.45) is 11.5 Å². The first-order chi connectivity index (χ1) is 4.18. The molecule has 4 nitrogen and oxygen atoms in total. The Balaban J connectivity index is 3.37. The summed E-state index contributed by atoms with van der Waals surface area (Å²) in [5, 5.41) is 0. The number of carbonyl (C=O) groups excluding carboxylic acids is 2. The highest BCUT2D eigenvalue weighted by Crippen LogP contribution is 1.88. The molecule has 0 heterocycles. The zero-order valence-corrected chi connectivity index (χ0v) is 5.04. The van der Waals surface area contributed by atoms with Crippen LogP contribution in [0.2, 0.25) is 0 Å². The molecule has 0 bridgehead atoms. The molecule has 4 heteroatoms. The van der Waals surface area contributed by atoms with E-state index in [9.17, 15) is 9.59 Å². The van der Waals surface area contributed by atoms with E-state index in [1.165, 1.54) is 0 Å². The first-order valence-corrected chi connectivity index (χ1v) is 2.67. The third-order valence-electron chi connectivity index (χ3n) is 0.961. The molecular formula is C5H10N2O2. The van der Waals surface area contributed by atoms with Crippen LogP contribution < -0.4 is 11.5 Å². The molecule has 0 unspecified atom stereocenters. The number of hydrogen-bond acceptors (Lipinski definition) is 3. The van der Waals surface area contributed by atoms with Crippen molar-refractivity contribution in [3.8, 4) is 0 Å². The lowest BCUT2D eigenvalue weighted by Crippen LogP contribution is -2.36. The number of nitrogens with two attached hydrogens (primary N) is 2. The molecule has 0 aliphatic rings. The molecule has 0 saturated heterocycles. The lowest BCUT2D eigenvalue weighted by atomic mass is 10.2. The van der Waals surface area contributed by atoms with Crippen LogP contribution in [0.5, 0.6) is 0 Å². The maximum atomic E-state index is 10.2. The third kappa shape index (κ3) is 3.66. The van der Waals surface area contributed by atoms with E-state index in [0.29, 0.717) is 19.1 Å². The van der Waals surface area contributed by atoms with E-state index < -0.39 is 11.9 Å². The van der Waals surface area contributed by atoms with Crippen molar-refractivity contribution in [2.45, 2.75) is 18.9 Å². The third-order valence-corrected chi connectivity index (χ3v) is 0.961. The predicted octanol–water partition coefficient (Wildman–Crippen LogP) is -1.22. The van der Waals surface area contributed by atoms with Gasteiger partial charge in [0.1, 0.15) is 6.29 Å². The summed E-state index contributed by atoms with van der Waals surface area (Å²) in [5.74, 6) is -0.558. The van der Waals surface area contributed by atoms with E-state index >= 15 is 0 Å². The second kappa shape index (κ2) is 4.03. The highest BCUT2D eigenvalue weighted by atomic mass is 16.1. The van der Waals surface area contributed by atoms with E-state index in [2.05, 4.69) is 0 Å². The normalized spacial score (nSPS) is 12.6. The minimum Gasteiger partial charge on any atom is -0.368 e. The van der Waals surface area contributed by atoms with Crippen LogP contribution in [0.15, 0.2) is 0 Å². The number of hydrogen-bond donors (Lipinski definition) is 2. The first kappa shape index (κ1) is 8.10. The van der Waals surface area contributed by atoms with E-state index in [0.717, 1.165) is 0 Å². The number of primary amides is 1.